The van der Waals surface area contributed by atoms with Crippen LogP contribution >= 0.6 is 0 Å². The normalized spacial score (nSPS) is 21.0. The van der Waals surface area contributed by atoms with Crippen molar-refractivity contribution >= 4 is 5.71 Å². The fourth-order valence-corrected chi connectivity index (χ4v) is 1.66. The maximum absolute atomic E-state index is 11.2. The van der Waals surface area contributed by atoms with Crippen LogP contribution in [0.15, 0.2) is 47.7 Å². The van der Waals surface area contributed by atoms with Crippen molar-refractivity contribution in [3.8, 4) is 6.07 Å². The summed E-state index contributed by atoms with van der Waals surface area (Å²) >= 11 is 0. The minimum atomic E-state index is -0.421. The SMILES string of the molecule is N#CC(C1=NC=C[NH+]([O-])C1)c1ccccc1. The third-order valence-electron chi connectivity index (χ3n) is 2.45. The molecule has 0 aromatic heterocycles. The summed E-state index contributed by atoms with van der Waals surface area (Å²) in [6.07, 6.45) is 2.90. The lowest BCUT2D eigenvalue weighted by Crippen LogP contribution is -3.04. The summed E-state index contributed by atoms with van der Waals surface area (Å²) in [4.78, 5) is 4.12. The van der Waals surface area contributed by atoms with Crippen molar-refractivity contribution in [1.29, 1.82) is 5.26 Å². The first kappa shape index (κ1) is 10.6. The van der Waals surface area contributed by atoms with Gasteiger partial charge in [-0.15, -0.1) is 0 Å². The molecule has 2 rings (SSSR count). The number of benzene rings is 1. The molecule has 1 aromatic rings. The number of nitrogens with zero attached hydrogens (tertiary/aromatic N) is 2. The molecule has 1 N–H and O–H groups in total. The number of rotatable bonds is 2. The van der Waals surface area contributed by atoms with E-state index >= 15 is 0 Å². The number of aliphatic imine (C=N–C) groups is 1. The fourth-order valence-electron chi connectivity index (χ4n) is 1.66. The van der Waals surface area contributed by atoms with Gasteiger partial charge in [-0.2, -0.15) is 5.26 Å². The first-order valence-electron chi connectivity index (χ1n) is 5.02. The zero-order valence-corrected chi connectivity index (χ0v) is 8.63. The van der Waals surface area contributed by atoms with Gasteiger partial charge in [0.05, 0.1) is 18.0 Å². The number of hydrogen-bond acceptors (Lipinski definition) is 3. The van der Waals surface area contributed by atoms with Gasteiger partial charge in [0, 0.05) is 0 Å². The average Bonchev–Trinajstić information content (AvgIpc) is 2.31. The van der Waals surface area contributed by atoms with E-state index in [0.717, 1.165) is 5.56 Å². The molecule has 0 saturated heterocycles. The Morgan fingerprint density at radius 3 is 2.75 bits per heavy atom. The molecule has 0 bridgehead atoms. The molecule has 16 heavy (non-hydrogen) atoms. The number of hydroxylamine groups is 2. The Morgan fingerprint density at radius 1 is 1.38 bits per heavy atom. The third-order valence-corrected chi connectivity index (χ3v) is 2.45. The Morgan fingerprint density at radius 2 is 2.12 bits per heavy atom. The molecule has 0 radical (unpaired) electrons. The number of quaternary nitrogens is 1. The highest BCUT2D eigenvalue weighted by Gasteiger charge is 2.20. The largest absolute Gasteiger partial charge is 0.629 e. The van der Waals surface area contributed by atoms with E-state index < -0.39 is 5.92 Å². The number of hydrogen-bond donors (Lipinski definition) is 1. The van der Waals surface area contributed by atoms with Crippen LogP contribution in [0.25, 0.3) is 0 Å². The van der Waals surface area contributed by atoms with E-state index in [2.05, 4.69) is 11.1 Å². The van der Waals surface area contributed by atoms with Crippen molar-refractivity contribution in [2.75, 3.05) is 6.54 Å². The highest BCUT2D eigenvalue weighted by Crippen LogP contribution is 2.16. The van der Waals surface area contributed by atoms with Crippen LogP contribution in [0.3, 0.4) is 0 Å². The number of nitriles is 1. The minimum absolute atomic E-state index is 0.00109. The maximum atomic E-state index is 11.2. The number of nitrogens with one attached hydrogen (secondary N) is 1. The third kappa shape index (κ3) is 2.16. The minimum Gasteiger partial charge on any atom is -0.629 e. The van der Waals surface area contributed by atoms with Crippen LogP contribution in [0.2, 0.25) is 0 Å². The van der Waals surface area contributed by atoms with E-state index in [9.17, 15) is 5.21 Å². The maximum Gasteiger partial charge on any atom is 0.122 e. The summed E-state index contributed by atoms with van der Waals surface area (Å²) in [6.45, 7) is 0.240. The van der Waals surface area contributed by atoms with Gasteiger partial charge in [0.15, 0.2) is 0 Å². The van der Waals surface area contributed by atoms with E-state index in [1.807, 2.05) is 30.3 Å². The van der Waals surface area contributed by atoms with Crippen molar-refractivity contribution in [2.24, 2.45) is 4.99 Å². The highest BCUT2D eigenvalue weighted by molar-refractivity contribution is 5.94. The van der Waals surface area contributed by atoms with Gasteiger partial charge in [0.25, 0.3) is 0 Å². The molecular formula is C12H11N3O. The van der Waals surface area contributed by atoms with Crippen LogP contribution < -0.4 is 5.06 Å². The molecule has 0 spiro atoms. The molecule has 0 fully saturated rings. The van der Waals surface area contributed by atoms with Gasteiger partial charge in [0.2, 0.25) is 0 Å². The van der Waals surface area contributed by atoms with Crippen molar-refractivity contribution < 1.29 is 5.06 Å². The summed E-state index contributed by atoms with van der Waals surface area (Å²) in [5.74, 6) is -0.421. The van der Waals surface area contributed by atoms with Crippen LogP contribution in [-0.4, -0.2) is 12.3 Å². The van der Waals surface area contributed by atoms with Gasteiger partial charge in [-0.25, -0.2) is 0 Å². The van der Waals surface area contributed by atoms with Crippen LogP contribution in [-0.2, 0) is 0 Å². The molecule has 2 unspecified atom stereocenters. The molecule has 4 nitrogen and oxygen atoms in total. The summed E-state index contributed by atoms with van der Waals surface area (Å²) < 4.78 is 0. The zero-order valence-electron chi connectivity index (χ0n) is 8.63. The second-order valence-electron chi connectivity index (χ2n) is 3.55. The molecule has 2 atom stereocenters. The van der Waals surface area contributed by atoms with E-state index in [0.29, 0.717) is 5.71 Å². The van der Waals surface area contributed by atoms with Gasteiger partial charge in [0.1, 0.15) is 18.7 Å². The highest BCUT2D eigenvalue weighted by atomic mass is 16.5. The fraction of sp³-hybridized carbons (Fsp3) is 0.167. The molecule has 1 aliphatic rings. The van der Waals surface area contributed by atoms with Gasteiger partial charge in [-0.05, 0) is 5.56 Å². The van der Waals surface area contributed by atoms with Crippen LogP contribution in [0.1, 0.15) is 11.5 Å². The molecule has 1 aromatic carbocycles. The summed E-state index contributed by atoms with van der Waals surface area (Å²) in [7, 11) is 0. The van der Waals surface area contributed by atoms with E-state index in [1.54, 1.807) is 0 Å². The molecule has 0 amide bonds. The van der Waals surface area contributed by atoms with E-state index in [1.165, 1.54) is 12.4 Å². The Bertz CT molecular complexity index is 459. The Balaban J connectivity index is 2.28. The van der Waals surface area contributed by atoms with Crippen molar-refractivity contribution in [1.82, 2.24) is 0 Å². The van der Waals surface area contributed by atoms with E-state index in [-0.39, 0.29) is 11.6 Å². The van der Waals surface area contributed by atoms with Gasteiger partial charge in [-0.3, -0.25) is 4.99 Å². The van der Waals surface area contributed by atoms with Crippen molar-refractivity contribution in [3.63, 3.8) is 0 Å². The Kier molecular flexibility index (Phi) is 3.10. The molecule has 0 aliphatic carbocycles. The second kappa shape index (κ2) is 4.71. The van der Waals surface area contributed by atoms with Crippen molar-refractivity contribution in [2.45, 2.75) is 5.92 Å². The average molecular weight is 213 g/mol. The Labute approximate surface area is 93.7 Å². The lowest BCUT2D eigenvalue weighted by molar-refractivity contribution is -0.781. The van der Waals surface area contributed by atoms with Crippen LogP contribution in [0, 0.1) is 16.5 Å². The van der Waals surface area contributed by atoms with Crippen LogP contribution in [0.5, 0.6) is 0 Å². The second-order valence-corrected chi connectivity index (χ2v) is 3.55. The first-order chi connectivity index (χ1) is 7.81. The molecule has 1 aliphatic heterocycles. The van der Waals surface area contributed by atoms with Gasteiger partial charge >= 0.3 is 0 Å². The van der Waals surface area contributed by atoms with Gasteiger partial charge < -0.3 is 10.3 Å². The topological polar surface area (TPSA) is 63.6 Å². The zero-order chi connectivity index (χ0) is 11.4. The Hall–Kier alpha value is -1.96. The summed E-state index contributed by atoms with van der Waals surface area (Å²) in [6, 6.07) is 11.6. The lowest BCUT2D eigenvalue weighted by Gasteiger charge is -2.22. The summed E-state index contributed by atoms with van der Waals surface area (Å²) in [5.41, 5.74) is 1.51. The smallest absolute Gasteiger partial charge is 0.122 e. The standard InChI is InChI=1S/C12H11N3O/c13-8-11(10-4-2-1-3-5-10)12-9-15(16)7-6-14-12/h1-7,11,15H,9H2. The van der Waals surface area contributed by atoms with Crippen LogP contribution in [0.4, 0.5) is 0 Å². The predicted molar refractivity (Wildman–Crippen MR) is 60.6 cm³/mol. The molecular weight excluding hydrogens is 202 g/mol. The van der Waals surface area contributed by atoms with Gasteiger partial charge in [-0.1, -0.05) is 30.3 Å². The quantitative estimate of drug-likeness (QED) is 0.731. The van der Waals surface area contributed by atoms with Crippen molar-refractivity contribution in [3.05, 3.63) is 53.5 Å². The monoisotopic (exact) mass is 213 g/mol. The molecule has 4 heteroatoms. The predicted octanol–water partition coefficient (Wildman–Crippen LogP) is 0.602. The first-order valence-corrected chi connectivity index (χ1v) is 5.02. The molecule has 0 saturated carbocycles. The molecule has 80 valence electrons. The van der Waals surface area contributed by atoms with E-state index in [4.69, 9.17) is 5.26 Å². The summed E-state index contributed by atoms with van der Waals surface area (Å²) in [5, 5.41) is 20.4. The molecule has 1 heterocycles. The lowest BCUT2D eigenvalue weighted by atomic mass is 9.95.